The van der Waals surface area contributed by atoms with Crippen molar-refractivity contribution in [1.29, 1.82) is 0 Å². The normalized spacial score (nSPS) is 14.4. The van der Waals surface area contributed by atoms with Crippen molar-refractivity contribution in [3.05, 3.63) is 66.1 Å². The fourth-order valence-corrected chi connectivity index (χ4v) is 4.93. The van der Waals surface area contributed by atoms with Gasteiger partial charge in [-0.3, -0.25) is 14.7 Å². The Morgan fingerprint density at radius 1 is 1.07 bits per heavy atom. The minimum Gasteiger partial charge on any atom is -0.370 e. The van der Waals surface area contributed by atoms with Crippen molar-refractivity contribution in [2.45, 2.75) is 31.7 Å². The van der Waals surface area contributed by atoms with E-state index in [2.05, 4.69) is 40.9 Å². The third-order valence-electron chi connectivity index (χ3n) is 7.02. The molecule has 0 unspecified atom stereocenters. The van der Waals surface area contributed by atoms with Gasteiger partial charge < -0.3 is 16.0 Å². The van der Waals surface area contributed by atoms with Gasteiger partial charge >= 0.3 is 0 Å². The van der Waals surface area contributed by atoms with Gasteiger partial charge in [-0.25, -0.2) is 33.1 Å². The maximum Gasteiger partial charge on any atom is 0.254 e. The Kier molecular flexibility index (Phi) is 8.82. The molecule has 41 heavy (non-hydrogen) atoms. The number of rotatable bonds is 10. The summed E-state index contributed by atoms with van der Waals surface area (Å²) in [4.78, 5) is 35.7. The van der Waals surface area contributed by atoms with Crippen molar-refractivity contribution in [1.82, 2.24) is 35.1 Å². The second kappa shape index (κ2) is 12.9. The molecular formula is C28H30F3N9O. The van der Waals surface area contributed by atoms with Crippen LogP contribution in [0.1, 0.15) is 28.8 Å². The molecule has 3 aromatic heterocycles. The summed E-state index contributed by atoms with van der Waals surface area (Å²) in [6, 6.07) is 7.30. The molecule has 1 aromatic carbocycles. The Morgan fingerprint density at radius 2 is 1.85 bits per heavy atom. The zero-order chi connectivity index (χ0) is 28.8. The van der Waals surface area contributed by atoms with Crippen LogP contribution in [0.25, 0.3) is 22.2 Å². The van der Waals surface area contributed by atoms with Crippen LogP contribution in [0, 0.1) is 5.82 Å². The first kappa shape index (κ1) is 28.1. The first-order chi connectivity index (χ1) is 19.9. The summed E-state index contributed by atoms with van der Waals surface area (Å²) in [5.74, 6) is -0.0737. The Morgan fingerprint density at radius 3 is 2.59 bits per heavy atom. The van der Waals surface area contributed by atoms with Crippen LogP contribution in [-0.2, 0) is 6.42 Å². The second-order valence-electron chi connectivity index (χ2n) is 9.74. The van der Waals surface area contributed by atoms with E-state index in [0.717, 1.165) is 30.2 Å². The average molecular weight is 566 g/mol. The summed E-state index contributed by atoms with van der Waals surface area (Å²) < 4.78 is 39.5. The second-order valence-corrected chi connectivity index (χ2v) is 9.74. The van der Waals surface area contributed by atoms with Crippen molar-refractivity contribution in [3.8, 4) is 11.3 Å². The van der Waals surface area contributed by atoms with Gasteiger partial charge in [-0.05, 0) is 24.8 Å². The summed E-state index contributed by atoms with van der Waals surface area (Å²) in [6.07, 6.45) is 5.63. The third-order valence-corrected chi connectivity index (χ3v) is 7.02. The van der Waals surface area contributed by atoms with E-state index in [4.69, 9.17) is 0 Å². The lowest BCUT2D eigenvalue weighted by atomic mass is 10.0. The van der Waals surface area contributed by atoms with E-state index in [1.54, 1.807) is 35.5 Å². The number of pyridine rings is 1. The van der Waals surface area contributed by atoms with Crippen LogP contribution < -0.4 is 16.0 Å². The maximum absolute atomic E-state index is 14.3. The van der Waals surface area contributed by atoms with Crippen LogP contribution in [0.2, 0.25) is 0 Å². The molecule has 0 aliphatic carbocycles. The zero-order valence-electron chi connectivity index (χ0n) is 22.4. The summed E-state index contributed by atoms with van der Waals surface area (Å²) in [6.45, 7) is 1.56. The highest BCUT2D eigenvalue weighted by Crippen LogP contribution is 2.24. The fourth-order valence-electron chi connectivity index (χ4n) is 4.93. The van der Waals surface area contributed by atoms with E-state index >= 15 is 0 Å². The van der Waals surface area contributed by atoms with Gasteiger partial charge in [0.05, 0.1) is 29.5 Å². The lowest BCUT2D eigenvalue weighted by Crippen LogP contribution is -2.41. The van der Waals surface area contributed by atoms with Crippen LogP contribution in [-0.4, -0.2) is 81.4 Å². The van der Waals surface area contributed by atoms with Crippen LogP contribution in [0.4, 0.5) is 24.9 Å². The number of benzene rings is 1. The minimum atomic E-state index is -2.31. The van der Waals surface area contributed by atoms with Crippen molar-refractivity contribution in [2.75, 3.05) is 43.9 Å². The smallest absolute Gasteiger partial charge is 0.254 e. The average Bonchev–Trinajstić information content (AvgIpc) is 2.98. The third kappa shape index (κ3) is 6.85. The van der Waals surface area contributed by atoms with E-state index in [-0.39, 0.29) is 18.2 Å². The molecule has 13 heteroatoms. The predicted molar refractivity (Wildman–Crippen MR) is 149 cm³/mol. The number of hydrogen-bond donors (Lipinski definition) is 3. The molecular weight excluding hydrogens is 535 g/mol. The fraction of sp³-hybridized carbons (Fsp3) is 0.357. The topological polar surface area (TPSA) is 121 Å². The molecule has 0 atom stereocenters. The van der Waals surface area contributed by atoms with Crippen LogP contribution in [0.3, 0.4) is 0 Å². The van der Waals surface area contributed by atoms with Crippen molar-refractivity contribution < 1.29 is 18.0 Å². The molecule has 0 spiro atoms. The minimum absolute atomic E-state index is 0.0218. The van der Waals surface area contributed by atoms with E-state index in [1.807, 2.05) is 6.07 Å². The van der Waals surface area contributed by atoms with Gasteiger partial charge in [0.25, 0.3) is 12.3 Å². The van der Waals surface area contributed by atoms with Gasteiger partial charge in [0.1, 0.15) is 12.1 Å². The highest BCUT2D eigenvalue weighted by atomic mass is 19.3. The lowest BCUT2D eigenvalue weighted by Gasteiger charge is -2.31. The number of fused-ring (bicyclic) bond motifs is 1. The molecule has 4 aromatic rings. The molecule has 10 nitrogen and oxygen atoms in total. The Bertz CT molecular complexity index is 1500. The number of likely N-dealkylation sites (tertiary alicyclic amines) is 1. The summed E-state index contributed by atoms with van der Waals surface area (Å²) in [7, 11) is 1.46. The Hall–Kier alpha value is -4.39. The van der Waals surface area contributed by atoms with E-state index in [0.29, 0.717) is 54.4 Å². The number of alkyl halides is 2. The number of nitrogens with one attached hydrogen (secondary N) is 3. The largest absolute Gasteiger partial charge is 0.370 e. The van der Waals surface area contributed by atoms with Gasteiger partial charge in [0.15, 0.2) is 5.82 Å². The maximum atomic E-state index is 14.3. The molecule has 0 radical (unpaired) electrons. The van der Waals surface area contributed by atoms with Crippen LogP contribution in [0.15, 0.2) is 49.2 Å². The molecule has 1 fully saturated rings. The highest BCUT2D eigenvalue weighted by Gasteiger charge is 2.22. The standard InChI is InChI=1S/C28H30F3N9O/c1-32-27(41)25-20-4-2-3-17(26(20)34-14-21(25)29)5-8-33-24-11-22(37-16-38-24)18-12-35-28(36-13-18)39-19-6-9-40(10-7-19)15-23(30)31/h2-4,11-14,16,19,23H,5-10,15H2,1H3,(H,32,41)(H,33,37,38)(H,35,36,39). The number of carbonyl (C=O) groups is 1. The molecule has 0 bridgehead atoms. The number of piperidine rings is 1. The van der Waals surface area contributed by atoms with Gasteiger partial charge in [-0.2, -0.15) is 0 Å². The number of halogens is 3. The number of anilines is 2. The summed E-state index contributed by atoms with van der Waals surface area (Å²) in [5.41, 5.74) is 2.78. The molecule has 0 saturated carbocycles. The summed E-state index contributed by atoms with van der Waals surface area (Å²) in [5, 5.41) is 9.50. The molecule has 214 valence electrons. The van der Waals surface area contributed by atoms with Crippen molar-refractivity contribution >= 4 is 28.6 Å². The van der Waals surface area contributed by atoms with Gasteiger partial charge in [0.2, 0.25) is 5.95 Å². The number of aromatic nitrogens is 5. The molecule has 5 rings (SSSR count). The first-order valence-electron chi connectivity index (χ1n) is 13.3. The molecule has 1 aliphatic rings. The molecule has 1 saturated heterocycles. The highest BCUT2D eigenvalue weighted by molar-refractivity contribution is 6.06. The molecule has 3 N–H and O–H groups in total. The Labute approximate surface area is 234 Å². The zero-order valence-corrected chi connectivity index (χ0v) is 22.4. The lowest BCUT2D eigenvalue weighted by molar-refractivity contribution is 0.0769. The monoisotopic (exact) mass is 565 g/mol. The number of para-hydroxylation sites is 1. The van der Waals surface area contributed by atoms with E-state index in [9.17, 15) is 18.0 Å². The van der Waals surface area contributed by atoms with Gasteiger partial charge in [-0.1, -0.05) is 18.2 Å². The van der Waals surface area contributed by atoms with Crippen LogP contribution >= 0.6 is 0 Å². The number of amides is 1. The molecule has 1 aliphatic heterocycles. The molecule has 1 amide bonds. The van der Waals surface area contributed by atoms with E-state index < -0.39 is 18.1 Å². The first-order valence-corrected chi connectivity index (χ1v) is 13.3. The number of nitrogens with zero attached hydrogens (tertiary/aromatic N) is 6. The predicted octanol–water partition coefficient (Wildman–Crippen LogP) is 3.78. The van der Waals surface area contributed by atoms with Gasteiger partial charge in [-0.15, -0.1) is 0 Å². The summed E-state index contributed by atoms with van der Waals surface area (Å²) >= 11 is 0. The van der Waals surface area contributed by atoms with Crippen molar-refractivity contribution in [3.63, 3.8) is 0 Å². The Balaban J connectivity index is 1.19. The molecule has 4 heterocycles. The number of hydrogen-bond acceptors (Lipinski definition) is 9. The van der Waals surface area contributed by atoms with Crippen LogP contribution in [0.5, 0.6) is 0 Å². The van der Waals surface area contributed by atoms with E-state index in [1.165, 1.54) is 13.4 Å². The quantitative estimate of drug-likeness (QED) is 0.264. The van der Waals surface area contributed by atoms with Crippen molar-refractivity contribution in [2.24, 2.45) is 0 Å². The SMILES string of the molecule is CNC(=O)c1c(F)cnc2c(CCNc3cc(-c4cnc(NC5CCN(CC(F)F)CC5)nc4)ncn3)cccc12. The number of carbonyl (C=O) groups excluding carboxylic acids is 1. The van der Waals surface area contributed by atoms with Gasteiger partial charge in [0, 0.05) is 62.1 Å².